The second-order valence-corrected chi connectivity index (χ2v) is 8.30. The van der Waals surface area contributed by atoms with Crippen molar-refractivity contribution in [1.29, 1.82) is 5.26 Å². The van der Waals surface area contributed by atoms with E-state index in [1.165, 1.54) is 11.0 Å². The predicted octanol–water partition coefficient (Wildman–Crippen LogP) is 3.30. The molecule has 0 bridgehead atoms. The summed E-state index contributed by atoms with van der Waals surface area (Å²) in [6, 6.07) is 11.3. The molecule has 0 aromatic heterocycles. The number of likely N-dealkylation sites (N-methyl/N-ethyl adjacent to an activating group) is 1. The molecule has 3 rings (SSSR count). The zero-order valence-corrected chi connectivity index (χ0v) is 20.0. The Bertz CT molecular complexity index is 1080. The Morgan fingerprint density at radius 3 is 2.57 bits per heavy atom. The highest BCUT2D eigenvalue weighted by atomic mass is 19.2. The summed E-state index contributed by atoms with van der Waals surface area (Å²) in [5.74, 6) is -2.15. The molecule has 1 atom stereocenters. The van der Waals surface area contributed by atoms with Gasteiger partial charge in [-0.25, -0.2) is 8.78 Å². The lowest BCUT2D eigenvalue weighted by atomic mass is 10.1. The van der Waals surface area contributed by atoms with E-state index in [-0.39, 0.29) is 11.5 Å². The molecule has 35 heavy (non-hydrogen) atoms. The normalized spacial score (nSPS) is 16.0. The number of nitriles is 1. The number of amides is 2. The molecule has 2 aromatic carbocycles. The molecule has 1 aliphatic heterocycles. The number of halogens is 2. The zero-order valence-electron chi connectivity index (χ0n) is 20.0. The van der Waals surface area contributed by atoms with Crippen LogP contribution in [0.15, 0.2) is 42.5 Å². The lowest BCUT2D eigenvalue weighted by molar-refractivity contribution is -0.137. The van der Waals surface area contributed by atoms with E-state index in [0.717, 1.165) is 12.1 Å². The summed E-state index contributed by atoms with van der Waals surface area (Å²) in [4.78, 5) is 31.7. The molecular weight excluding hydrogens is 454 g/mol. The number of carbonyl (C=O) groups is 2. The first-order valence-corrected chi connectivity index (χ1v) is 11.8. The SMILES string of the molecule is CCN(CC)C(=O)C1CN(CCCOc2cccc(C#N)c2)CCN1C(=O)c1ccc(F)c(F)c1. The number of piperazine rings is 1. The second kappa shape index (κ2) is 12.3. The van der Waals surface area contributed by atoms with Crippen LogP contribution in [0, 0.1) is 23.0 Å². The van der Waals surface area contributed by atoms with E-state index in [2.05, 4.69) is 11.0 Å². The average molecular weight is 485 g/mol. The van der Waals surface area contributed by atoms with E-state index < -0.39 is 23.6 Å². The molecule has 186 valence electrons. The molecule has 1 unspecified atom stereocenters. The first kappa shape index (κ1) is 26.1. The van der Waals surface area contributed by atoms with Crippen molar-refractivity contribution in [2.75, 3.05) is 45.9 Å². The van der Waals surface area contributed by atoms with E-state index in [4.69, 9.17) is 10.00 Å². The Balaban J connectivity index is 1.66. The predicted molar refractivity (Wildman–Crippen MR) is 127 cm³/mol. The Morgan fingerprint density at radius 1 is 1.11 bits per heavy atom. The average Bonchev–Trinajstić information content (AvgIpc) is 2.88. The van der Waals surface area contributed by atoms with E-state index in [0.29, 0.717) is 63.6 Å². The number of benzene rings is 2. The van der Waals surface area contributed by atoms with Crippen LogP contribution < -0.4 is 4.74 Å². The Kier molecular flexibility index (Phi) is 9.15. The summed E-state index contributed by atoms with van der Waals surface area (Å²) >= 11 is 0. The molecule has 1 saturated heterocycles. The van der Waals surface area contributed by atoms with Gasteiger partial charge in [-0.15, -0.1) is 0 Å². The van der Waals surface area contributed by atoms with Crippen molar-refractivity contribution in [2.24, 2.45) is 0 Å². The molecule has 2 amide bonds. The minimum atomic E-state index is -1.10. The number of ether oxygens (including phenoxy) is 1. The van der Waals surface area contributed by atoms with Crippen molar-refractivity contribution in [1.82, 2.24) is 14.7 Å². The van der Waals surface area contributed by atoms with Crippen molar-refractivity contribution in [3.8, 4) is 11.8 Å². The van der Waals surface area contributed by atoms with Gasteiger partial charge in [-0.3, -0.25) is 14.5 Å². The fraction of sp³-hybridized carbons (Fsp3) is 0.423. The van der Waals surface area contributed by atoms with Crippen LogP contribution in [0.3, 0.4) is 0 Å². The van der Waals surface area contributed by atoms with E-state index in [9.17, 15) is 18.4 Å². The molecule has 1 heterocycles. The van der Waals surface area contributed by atoms with Gasteiger partial charge in [-0.05, 0) is 56.7 Å². The van der Waals surface area contributed by atoms with Crippen LogP contribution in [0.1, 0.15) is 36.2 Å². The van der Waals surface area contributed by atoms with Gasteiger partial charge in [0.1, 0.15) is 11.8 Å². The van der Waals surface area contributed by atoms with Gasteiger partial charge < -0.3 is 14.5 Å². The molecule has 1 fully saturated rings. The van der Waals surface area contributed by atoms with Gasteiger partial charge in [0.05, 0.1) is 18.2 Å². The van der Waals surface area contributed by atoms with Crippen LogP contribution >= 0.6 is 0 Å². The number of rotatable bonds is 9. The van der Waals surface area contributed by atoms with E-state index in [1.54, 1.807) is 29.2 Å². The molecular formula is C26H30F2N4O3. The van der Waals surface area contributed by atoms with Crippen molar-refractivity contribution < 1.29 is 23.1 Å². The Labute approximate surface area is 204 Å². The maximum Gasteiger partial charge on any atom is 0.254 e. The maximum atomic E-state index is 13.7. The van der Waals surface area contributed by atoms with Crippen molar-refractivity contribution in [3.63, 3.8) is 0 Å². The second-order valence-electron chi connectivity index (χ2n) is 8.30. The molecule has 0 spiro atoms. The fourth-order valence-electron chi connectivity index (χ4n) is 4.17. The fourth-order valence-corrected chi connectivity index (χ4v) is 4.17. The summed E-state index contributed by atoms with van der Waals surface area (Å²) in [7, 11) is 0. The quantitative estimate of drug-likeness (QED) is 0.511. The lowest BCUT2D eigenvalue weighted by Gasteiger charge is -2.42. The summed E-state index contributed by atoms with van der Waals surface area (Å²) < 4.78 is 32.8. The lowest BCUT2D eigenvalue weighted by Crippen LogP contribution is -2.61. The van der Waals surface area contributed by atoms with Crippen LogP contribution in [0.5, 0.6) is 5.75 Å². The third-order valence-corrected chi connectivity index (χ3v) is 6.10. The monoisotopic (exact) mass is 484 g/mol. The molecule has 7 nitrogen and oxygen atoms in total. The molecule has 0 N–H and O–H groups in total. The standard InChI is InChI=1S/C26H30F2N4O3/c1-3-31(4-2)26(34)24-18-30(11-6-14-35-21-8-5-7-19(15-21)17-29)12-13-32(24)25(33)20-9-10-22(27)23(28)16-20/h5,7-10,15-16,24H,3-4,6,11-14,18H2,1-2H3. The van der Waals surface area contributed by atoms with Gasteiger partial charge >= 0.3 is 0 Å². The van der Waals surface area contributed by atoms with Crippen LogP contribution in [-0.4, -0.2) is 78.4 Å². The van der Waals surface area contributed by atoms with Crippen molar-refractivity contribution in [2.45, 2.75) is 26.3 Å². The summed E-state index contributed by atoms with van der Waals surface area (Å²) in [5.41, 5.74) is 0.546. The Hall–Kier alpha value is -3.51. The molecule has 0 aliphatic carbocycles. The van der Waals surface area contributed by atoms with Gasteiger partial charge in [0.25, 0.3) is 5.91 Å². The Morgan fingerprint density at radius 2 is 1.89 bits per heavy atom. The molecule has 0 saturated carbocycles. The van der Waals surface area contributed by atoms with Gasteiger partial charge in [-0.1, -0.05) is 6.07 Å². The van der Waals surface area contributed by atoms with Gasteiger partial charge in [0, 0.05) is 44.8 Å². The minimum Gasteiger partial charge on any atom is -0.494 e. The summed E-state index contributed by atoms with van der Waals surface area (Å²) in [5, 5.41) is 9.00. The smallest absolute Gasteiger partial charge is 0.254 e. The highest BCUT2D eigenvalue weighted by Crippen LogP contribution is 2.19. The van der Waals surface area contributed by atoms with Gasteiger partial charge in [0.15, 0.2) is 11.6 Å². The van der Waals surface area contributed by atoms with E-state index in [1.807, 2.05) is 13.8 Å². The number of carbonyl (C=O) groups excluding carboxylic acids is 2. The van der Waals surface area contributed by atoms with Crippen molar-refractivity contribution in [3.05, 3.63) is 65.2 Å². The molecule has 2 aromatic rings. The number of nitrogens with zero attached hydrogens (tertiary/aromatic N) is 4. The topological polar surface area (TPSA) is 76.9 Å². The van der Waals surface area contributed by atoms with Gasteiger partial charge in [0.2, 0.25) is 5.91 Å². The first-order valence-electron chi connectivity index (χ1n) is 11.8. The zero-order chi connectivity index (χ0) is 25.4. The highest BCUT2D eigenvalue weighted by Gasteiger charge is 2.37. The van der Waals surface area contributed by atoms with Crippen LogP contribution in [-0.2, 0) is 4.79 Å². The third-order valence-electron chi connectivity index (χ3n) is 6.10. The maximum absolute atomic E-state index is 13.7. The van der Waals surface area contributed by atoms with E-state index >= 15 is 0 Å². The largest absolute Gasteiger partial charge is 0.494 e. The third kappa shape index (κ3) is 6.55. The van der Waals surface area contributed by atoms with Crippen LogP contribution in [0.4, 0.5) is 8.78 Å². The highest BCUT2D eigenvalue weighted by molar-refractivity contribution is 5.97. The number of hydrogen-bond donors (Lipinski definition) is 0. The summed E-state index contributed by atoms with van der Waals surface area (Å²) in [6.45, 7) is 7.05. The summed E-state index contributed by atoms with van der Waals surface area (Å²) in [6.07, 6.45) is 0.695. The first-order chi connectivity index (χ1) is 16.9. The number of hydrogen-bond acceptors (Lipinski definition) is 5. The molecule has 9 heteroatoms. The van der Waals surface area contributed by atoms with Crippen molar-refractivity contribution >= 4 is 11.8 Å². The molecule has 1 aliphatic rings. The van der Waals surface area contributed by atoms with Gasteiger partial charge in [-0.2, -0.15) is 5.26 Å². The van der Waals surface area contributed by atoms with Crippen LogP contribution in [0.25, 0.3) is 0 Å². The molecule has 0 radical (unpaired) electrons. The minimum absolute atomic E-state index is 0.0164. The van der Waals surface area contributed by atoms with Crippen LogP contribution in [0.2, 0.25) is 0 Å².